The number of hydrogen-bond donors (Lipinski definition) is 1. The highest BCUT2D eigenvalue weighted by molar-refractivity contribution is 5.85. The first-order chi connectivity index (χ1) is 9.50. The molecule has 0 saturated heterocycles. The third kappa shape index (κ3) is 3.80. The summed E-state index contributed by atoms with van der Waals surface area (Å²) in [5.74, 6) is -0.0714. The quantitative estimate of drug-likeness (QED) is 0.929. The molecule has 2 rings (SSSR count). The van der Waals surface area contributed by atoms with Crippen LogP contribution in [-0.4, -0.2) is 38.7 Å². The lowest BCUT2D eigenvalue weighted by molar-refractivity contribution is -0.132. The van der Waals surface area contributed by atoms with Crippen molar-refractivity contribution in [1.29, 1.82) is 0 Å². The van der Waals surface area contributed by atoms with Crippen molar-refractivity contribution < 1.29 is 4.79 Å². The van der Waals surface area contributed by atoms with Gasteiger partial charge in [-0.05, 0) is 31.5 Å². The van der Waals surface area contributed by atoms with E-state index in [2.05, 4.69) is 10.1 Å². The number of nitrogens with zero attached hydrogens (tertiary/aromatic N) is 4. The van der Waals surface area contributed by atoms with Gasteiger partial charge in [0, 0.05) is 7.05 Å². The second kappa shape index (κ2) is 7.19. The molecule has 0 aliphatic carbocycles. The minimum atomic E-state index is -0.489. The molecule has 1 heterocycles. The maximum atomic E-state index is 11.9. The molecule has 0 spiro atoms. The third-order valence-electron chi connectivity index (χ3n) is 3.38. The summed E-state index contributed by atoms with van der Waals surface area (Å²) < 4.78 is 1.69. The lowest BCUT2D eigenvalue weighted by Gasteiger charge is -2.27. The molecule has 0 aliphatic heterocycles. The highest BCUT2D eigenvalue weighted by atomic mass is 35.5. The van der Waals surface area contributed by atoms with Crippen molar-refractivity contribution in [1.82, 2.24) is 19.7 Å². The van der Waals surface area contributed by atoms with Gasteiger partial charge in [-0.1, -0.05) is 12.1 Å². The standard InChI is InChI=1S/C14H19N5O.ClH/c1-10(15)14(20)18(3)11(2)12-4-6-13(7-5-12)19-9-16-8-17-19;/h4-11H,15H2,1-3H3;1H/t10-,11?;/m0./s1. The summed E-state index contributed by atoms with van der Waals surface area (Å²) >= 11 is 0. The predicted molar refractivity (Wildman–Crippen MR) is 83.4 cm³/mol. The number of amides is 1. The maximum absolute atomic E-state index is 11.9. The van der Waals surface area contributed by atoms with E-state index in [4.69, 9.17) is 5.73 Å². The molecule has 2 aromatic rings. The molecule has 0 saturated carbocycles. The van der Waals surface area contributed by atoms with Crippen LogP contribution in [0.5, 0.6) is 0 Å². The normalized spacial score (nSPS) is 13.1. The van der Waals surface area contributed by atoms with Crippen LogP contribution in [0, 0.1) is 0 Å². The first-order valence-electron chi connectivity index (χ1n) is 6.48. The van der Waals surface area contributed by atoms with Crippen molar-refractivity contribution >= 4 is 18.3 Å². The van der Waals surface area contributed by atoms with Gasteiger partial charge in [0.2, 0.25) is 5.91 Å². The Hall–Kier alpha value is -1.92. The number of rotatable bonds is 4. The van der Waals surface area contributed by atoms with Crippen LogP contribution in [0.25, 0.3) is 5.69 Å². The van der Waals surface area contributed by atoms with Gasteiger partial charge >= 0.3 is 0 Å². The maximum Gasteiger partial charge on any atom is 0.239 e. The fourth-order valence-electron chi connectivity index (χ4n) is 1.98. The predicted octanol–water partition coefficient (Wildman–Crippen LogP) is 1.56. The van der Waals surface area contributed by atoms with Crippen LogP contribution in [-0.2, 0) is 4.79 Å². The van der Waals surface area contributed by atoms with Crippen LogP contribution >= 0.6 is 12.4 Å². The van der Waals surface area contributed by atoms with Crippen molar-refractivity contribution in [2.45, 2.75) is 25.9 Å². The Balaban J connectivity index is 0.00000220. The van der Waals surface area contributed by atoms with Crippen LogP contribution < -0.4 is 5.73 Å². The zero-order valence-electron chi connectivity index (χ0n) is 12.3. The first-order valence-corrected chi connectivity index (χ1v) is 6.48. The molecule has 7 heteroatoms. The zero-order chi connectivity index (χ0) is 14.7. The van der Waals surface area contributed by atoms with Crippen molar-refractivity contribution in [3.8, 4) is 5.69 Å². The van der Waals surface area contributed by atoms with E-state index in [1.165, 1.54) is 6.33 Å². The zero-order valence-corrected chi connectivity index (χ0v) is 13.1. The molecule has 1 aromatic heterocycles. The average Bonchev–Trinajstić information content (AvgIpc) is 2.99. The van der Waals surface area contributed by atoms with Gasteiger partial charge in [0.25, 0.3) is 0 Å². The summed E-state index contributed by atoms with van der Waals surface area (Å²) in [6, 6.07) is 7.34. The smallest absolute Gasteiger partial charge is 0.239 e. The van der Waals surface area contributed by atoms with Crippen LogP contribution in [0.3, 0.4) is 0 Å². The van der Waals surface area contributed by atoms with Gasteiger partial charge in [-0.3, -0.25) is 4.79 Å². The molecule has 0 fully saturated rings. The molecule has 21 heavy (non-hydrogen) atoms. The number of halogens is 1. The largest absolute Gasteiger partial charge is 0.338 e. The highest BCUT2D eigenvalue weighted by Gasteiger charge is 2.19. The highest BCUT2D eigenvalue weighted by Crippen LogP contribution is 2.20. The fraction of sp³-hybridized carbons (Fsp3) is 0.357. The molecule has 2 N–H and O–H groups in total. The second-order valence-electron chi connectivity index (χ2n) is 4.85. The van der Waals surface area contributed by atoms with E-state index in [9.17, 15) is 4.79 Å². The van der Waals surface area contributed by atoms with Gasteiger partial charge in [0.1, 0.15) is 12.7 Å². The van der Waals surface area contributed by atoms with E-state index >= 15 is 0 Å². The summed E-state index contributed by atoms with van der Waals surface area (Å²) in [5.41, 5.74) is 7.61. The van der Waals surface area contributed by atoms with Crippen molar-refractivity contribution in [2.75, 3.05) is 7.05 Å². The minimum Gasteiger partial charge on any atom is -0.338 e. The Morgan fingerprint density at radius 3 is 2.38 bits per heavy atom. The monoisotopic (exact) mass is 309 g/mol. The van der Waals surface area contributed by atoms with E-state index < -0.39 is 6.04 Å². The molecule has 6 nitrogen and oxygen atoms in total. The number of hydrogen-bond acceptors (Lipinski definition) is 4. The Labute approximate surface area is 130 Å². The summed E-state index contributed by atoms with van der Waals surface area (Å²) in [6.07, 6.45) is 3.13. The Bertz CT molecular complexity index is 568. The number of benzene rings is 1. The number of nitrogens with two attached hydrogens (primary N) is 1. The van der Waals surface area contributed by atoms with Crippen molar-refractivity contribution in [3.63, 3.8) is 0 Å². The number of carbonyl (C=O) groups excluding carboxylic acids is 1. The molecule has 0 radical (unpaired) electrons. The third-order valence-corrected chi connectivity index (χ3v) is 3.38. The number of likely N-dealkylation sites (N-methyl/N-ethyl adjacent to an activating group) is 1. The Morgan fingerprint density at radius 2 is 1.90 bits per heavy atom. The molecule has 1 amide bonds. The second-order valence-corrected chi connectivity index (χ2v) is 4.85. The number of aromatic nitrogens is 3. The van der Waals surface area contributed by atoms with E-state index in [1.54, 1.807) is 29.9 Å². The number of carbonyl (C=O) groups is 1. The van der Waals surface area contributed by atoms with Gasteiger partial charge in [-0.15, -0.1) is 12.4 Å². The lowest BCUT2D eigenvalue weighted by Crippen LogP contribution is -2.40. The SMILES string of the molecule is CC(c1ccc(-n2cncn2)cc1)N(C)C(=O)[C@H](C)N.Cl. The van der Waals surface area contributed by atoms with E-state index in [1.807, 2.05) is 31.2 Å². The summed E-state index contributed by atoms with van der Waals surface area (Å²) in [7, 11) is 1.77. The van der Waals surface area contributed by atoms with E-state index in [0.29, 0.717) is 0 Å². The van der Waals surface area contributed by atoms with E-state index in [-0.39, 0.29) is 24.4 Å². The van der Waals surface area contributed by atoms with Crippen molar-refractivity contribution in [2.24, 2.45) is 5.73 Å². The Kier molecular flexibility index (Phi) is 5.87. The molecule has 1 unspecified atom stereocenters. The average molecular weight is 310 g/mol. The van der Waals surface area contributed by atoms with Crippen LogP contribution in [0.1, 0.15) is 25.5 Å². The summed E-state index contributed by atoms with van der Waals surface area (Å²) in [5, 5.41) is 4.07. The molecule has 114 valence electrons. The van der Waals surface area contributed by atoms with Gasteiger partial charge < -0.3 is 10.6 Å². The van der Waals surface area contributed by atoms with Crippen LogP contribution in [0.4, 0.5) is 0 Å². The van der Waals surface area contributed by atoms with Gasteiger partial charge in [-0.25, -0.2) is 9.67 Å². The van der Waals surface area contributed by atoms with Crippen molar-refractivity contribution in [3.05, 3.63) is 42.5 Å². The molecule has 0 bridgehead atoms. The Morgan fingerprint density at radius 1 is 1.29 bits per heavy atom. The lowest BCUT2D eigenvalue weighted by atomic mass is 10.1. The van der Waals surface area contributed by atoms with Crippen LogP contribution in [0.2, 0.25) is 0 Å². The molecular weight excluding hydrogens is 290 g/mol. The van der Waals surface area contributed by atoms with Gasteiger partial charge in [-0.2, -0.15) is 5.10 Å². The van der Waals surface area contributed by atoms with E-state index in [0.717, 1.165) is 11.3 Å². The van der Waals surface area contributed by atoms with Crippen LogP contribution in [0.15, 0.2) is 36.9 Å². The van der Waals surface area contributed by atoms with Gasteiger partial charge in [0.15, 0.2) is 0 Å². The summed E-state index contributed by atoms with van der Waals surface area (Å²) in [4.78, 5) is 17.5. The minimum absolute atomic E-state index is 0. The molecule has 2 atom stereocenters. The topological polar surface area (TPSA) is 77.0 Å². The molecular formula is C14H20ClN5O. The molecule has 1 aromatic carbocycles. The summed E-state index contributed by atoms with van der Waals surface area (Å²) in [6.45, 7) is 3.67. The van der Waals surface area contributed by atoms with Gasteiger partial charge in [0.05, 0.1) is 17.8 Å². The first kappa shape index (κ1) is 17.1. The fourth-order valence-corrected chi connectivity index (χ4v) is 1.98. The molecule has 0 aliphatic rings.